The van der Waals surface area contributed by atoms with Gasteiger partial charge >= 0.3 is 0 Å². The third kappa shape index (κ3) is 3.06. The van der Waals surface area contributed by atoms with E-state index in [9.17, 15) is 9.59 Å². The van der Waals surface area contributed by atoms with Gasteiger partial charge in [0.05, 0.1) is 7.11 Å². The SMILES string of the molecule is COc1ccc(CCN=CC2C(=O)c3ccccc3C2=O)cc1. The van der Waals surface area contributed by atoms with Crippen LogP contribution >= 0.6 is 0 Å². The molecule has 2 aromatic carbocycles. The largest absolute Gasteiger partial charge is 0.497 e. The van der Waals surface area contributed by atoms with Crippen molar-refractivity contribution < 1.29 is 14.3 Å². The molecule has 0 saturated heterocycles. The van der Waals surface area contributed by atoms with Crippen LogP contribution < -0.4 is 4.74 Å². The molecule has 1 aliphatic rings. The highest BCUT2D eigenvalue weighted by Crippen LogP contribution is 2.25. The van der Waals surface area contributed by atoms with Crippen molar-refractivity contribution in [2.45, 2.75) is 6.42 Å². The van der Waals surface area contributed by atoms with E-state index in [-0.39, 0.29) is 11.6 Å². The van der Waals surface area contributed by atoms with Crippen LogP contribution in [0.15, 0.2) is 53.5 Å². The predicted octanol–water partition coefficient (Wildman–Crippen LogP) is 3.00. The fourth-order valence-corrected chi connectivity index (χ4v) is 2.67. The number of rotatable bonds is 5. The van der Waals surface area contributed by atoms with E-state index >= 15 is 0 Å². The van der Waals surface area contributed by atoms with Gasteiger partial charge in [0.1, 0.15) is 11.7 Å². The molecule has 0 amide bonds. The van der Waals surface area contributed by atoms with E-state index in [0.717, 1.165) is 17.7 Å². The van der Waals surface area contributed by atoms with Crippen molar-refractivity contribution in [3.05, 3.63) is 65.2 Å². The quantitative estimate of drug-likeness (QED) is 0.630. The van der Waals surface area contributed by atoms with Gasteiger partial charge in [-0.3, -0.25) is 14.6 Å². The van der Waals surface area contributed by atoms with Gasteiger partial charge in [-0.25, -0.2) is 0 Å². The number of carbonyl (C=O) groups is 2. The zero-order valence-electron chi connectivity index (χ0n) is 12.9. The molecule has 23 heavy (non-hydrogen) atoms. The van der Waals surface area contributed by atoms with Gasteiger partial charge in [-0.15, -0.1) is 0 Å². The molecule has 0 unspecified atom stereocenters. The van der Waals surface area contributed by atoms with E-state index in [1.807, 2.05) is 24.3 Å². The third-order valence-electron chi connectivity index (χ3n) is 3.97. The van der Waals surface area contributed by atoms with Crippen LogP contribution in [0, 0.1) is 5.92 Å². The first-order valence-electron chi connectivity index (χ1n) is 7.51. The molecule has 4 heteroatoms. The van der Waals surface area contributed by atoms with Gasteiger partial charge in [0.15, 0.2) is 11.6 Å². The number of hydrogen-bond donors (Lipinski definition) is 0. The minimum absolute atomic E-state index is 0.154. The van der Waals surface area contributed by atoms with Crippen LogP contribution in [0.25, 0.3) is 0 Å². The second-order valence-electron chi connectivity index (χ2n) is 5.41. The highest BCUT2D eigenvalue weighted by atomic mass is 16.5. The summed E-state index contributed by atoms with van der Waals surface area (Å²) in [6, 6.07) is 14.7. The molecule has 116 valence electrons. The molecule has 0 radical (unpaired) electrons. The molecule has 0 fully saturated rings. The van der Waals surface area contributed by atoms with Crippen LogP contribution in [-0.2, 0) is 6.42 Å². The van der Waals surface area contributed by atoms with E-state index in [1.165, 1.54) is 6.21 Å². The number of ether oxygens (including phenoxy) is 1. The van der Waals surface area contributed by atoms with Crippen LogP contribution in [-0.4, -0.2) is 31.4 Å². The van der Waals surface area contributed by atoms with Crippen LogP contribution in [0.1, 0.15) is 26.3 Å². The molecule has 0 spiro atoms. The summed E-state index contributed by atoms with van der Waals surface area (Å²) < 4.78 is 5.11. The molecule has 4 nitrogen and oxygen atoms in total. The summed E-state index contributed by atoms with van der Waals surface area (Å²) in [4.78, 5) is 28.7. The molecule has 0 atom stereocenters. The summed E-state index contributed by atoms with van der Waals surface area (Å²) in [6.45, 7) is 0.541. The maximum Gasteiger partial charge on any atom is 0.179 e. The van der Waals surface area contributed by atoms with Crippen molar-refractivity contribution >= 4 is 17.8 Å². The molecule has 0 bridgehead atoms. The maximum absolute atomic E-state index is 12.2. The first kappa shape index (κ1) is 15.2. The number of nitrogens with zero attached hydrogens (tertiary/aromatic N) is 1. The molecule has 0 aromatic heterocycles. The maximum atomic E-state index is 12.2. The van der Waals surface area contributed by atoms with Crippen molar-refractivity contribution in [1.82, 2.24) is 0 Å². The van der Waals surface area contributed by atoms with E-state index < -0.39 is 5.92 Å². The van der Waals surface area contributed by atoms with Crippen molar-refractivity contribution in [1.29, 1.82) is 0 Å². The minimum atomic E-state index is -0.761. The van der Waals surface area contributed by atoms with Crippen molar-refractivity contribution in [3.63, 3.8) is 0 Å². The second kappa shape index (κ2) is 6.57. The van der Waals surface area contributed by atoms with E-state index in [1.54, 1.807) is 31.4 Å². The van der Waals surface area contributed by atoms with Crippen molar-refractivity contribution in [3.8, 4) is 5.75 Å². The normalized spacial score (nSPS) is 14.5. The molecule has 0 aliphatic heterocycles. The summed E-state index contributed by atoms with van der Waals surface area (Å²) >= 11 is 0. The fourth-order valence-electron chi connectivity index (χ4n) is 2.67. The standard InChI is InChI=1S/C19H17NO3/c1-23-14-8-6-13(7-9-14)10-11-20-12-17-18(21)15-4-2-3-5-16(15)19(17)22/h2-9,12,17H,10-11H2,1H3. The summed E-state index contributed by atoms with van der Waals surface area (Å²) in [5, 5.41) is 0. The number of methoxy groups -OCH3 is 1. The van der Waals surface area contributed by atoms with Gasteiger partial charge in [-0.2, -0.15) is 0 Å². The molecule has 0 N–H and O–H groups in total. The molecule has 2 aromatic rings. The van der Waals surface area contributed by atoms with Gasteiger partial charge < -0.3 is 4.74 Å². The molecule has 0 saturated carbocycles. The average molecular weight is 307 g/mol. The Bertz CT molecular complexity index is 727. The number of aliphatic imine (C=N–C) groups is 1. The molecule has 0 heterocycles. The Kier molecular flexibility index (Phi) is 4.33. The van der Waals surface area contributed by atoms with Gasteiger partial charge in [-0.05, 0) is 24.1 Å². The number of carbonyl (C=O) groups excluding carboxylic acids is 2. The third-order valence-corrected chi connectivity index (χ3v) is 3.97. The van der Waals surface area contributed by atoms with Crippen molar-refractivity contribution in [2.75, 3.05) is 13.7 Å². The zero-order valence-corrected chi connectivity index (χ0v) is 12.9. The Balaban J connectivity index is 1.61. The van der Waals surface area contributed by atoms with Crippen molar-refractivity contribution in [2.24, 2.45) is 10.9 Å². The van der Waals surface area contributed by atoms with Gasteiger partial charge in [0.25, 0.3) is 0 Å². The lowest BCUT2D eigenvalue weighted by Gasteiger charge is -2.02. The Morgan fingerprint density at radius 3 is 2.17 bits per heavy atom. The molecule has 3 rings (SSSR count). The summed E-state index contributed by atoms with van der Waals surface area (Å²) in [5.74, 6) is -0.252. The lowest BCUT2D eigenvalue weighted by molar-refractivity contribution is 0.0886. The van der Waals surface area contributed by atoms with Crippen LogP contribution in [0.3, 0.4) is 0 Å². The van der Waals surface area contributed by atoms with Gasteiger partial charge in [-0.1, -0.05) is 36.4 Å². The lowest BCUT2D eigenvalue weighted by Crippen LogP contribution is -2.16. The average Bonchev–Trinajstić information content (AvgIpc) is 2.84. The van der Waals surface area contributed by atoms with E-state index in [2.05, 4.69) is 4.99 Å². The first-order valence-corrected chi connectivity index (χ1v) is 7.51. The Morgan fingerprint density at radius 2 is 1.61 bits per heavy atom. The van der Waals surface area contributed by atoms with Gasteiger partial charge in [0.2, 0.25) is 0 Å². The molecular weight excluding hydrogens is 290 g/mol. The molecule has 1 aliphatic carbocycles. The summed E-state index contributed by atoms with van der Waals surface area (Å²) in [5.41, 5.74) is 2.14. The molecular formula is C19H17NO3. The monoisotopic (exact) mass is 307 g/mol. The van der Waals surface area contributed by atoms with E-state index in [4.69, 9.17) is 4.74 Å². The van der Waals surface area contributed by atoms with Gasteiger partial charge in [0, 0.05) is 23.9 Å². The van der Waals surface area contributed by atoms with E-state index in [0.29, 0.717) is 17.7 Å². The minimum Gasteiger partial charge on any atom is -0.497 e. The number of fused-ring (bicyclic) bond motifs is 1. The highest BCUT2D eigenvalue weighted by molar-refractivity contribution is 6.33. The summed E-state index contributed by atoms with van der Waals surface area (Å²) in [6.07, 6.45) is 2.25. The Labute approximate surface area is 134 Å². The topological polar surface area (TPSA) is 55.7 Å². The first-order chi connectivity index (χ1) is 11.2. The number of ketones is 2. The van der Waals surface area contributed by atoms with Crippen LogP contribution in [0.2, 0.25) is 0 Å². The highest BCUT2D eigenvalue weighted by Gasteiger charge is 2.36. The smallest absolute Gasteiger partial charge is 0.179 e. The lowest BCUT2D eigenvalue weighted by atomic mass is 10.1. The summed E-state index contributed by atoms with van der Waals surface area (Å²) in [7, 11) is 1.63. The number of benzene rings is 2. The second-order valence-corrected chi connectivity index (χ2v) is 5.41. The Morgan fingerprint density at radius 1 is 1.00 bits per heavy atom. The van der Waals surface area contributed by atoms with Crippen LogP contribution in [0.5, 0.6) is 5.75 Å². The Hall–Kier alpha value is -2.75. The number of Topliss-reactive ketones (excluding diaryl/α,β-unsaturated/α-hetero) is 2. The number of hydrogen-bond acceptors (Lipinski definition) is 4. The predicted molar refractivity (Wildman–Crippen MR) is 88.7 cm³/mol. The van der Waals surface area contributed by atoms with Crippen LogP contribution in [0.4, 0.5) is 0 Å². The zero-order chi connectivity index (χ0) is 16.2. The fraction of sp³-hybridized carbons (Fsp3) is 0.211.